The lowest BCUT2D eigenvalue weighted by molar-refractivity contribution is -0.143. The Balaban J connectivity index is 1.31. The number of hydrogen-bond acceptors (Lipinski definition) is 9. The number of carbonyl (C=O) groups excluding carboxylic acids is 4. The molecule has 2 amide bonds. The molecule has 0 unspecified atom stereocenters. The zero-order valence-electron chi connectivity index (χ0n) is 22.7. The van der Waals surface area contributed by atoms with Crippen molar-refractivity contribution in [3.63, 3.8) is 0 Å². The molecule has 0 spiro atoms. The van der Waals surface area contributed by atoms with E-state index in [1.54, 1.807) is 30.3 Å². The maximum atomic E-state index is 13.4. The molecule has 2 aromatic carbocycles. The molecule has 1 aliphatic heterocycles. The predicted molar refractivity (Wildman–Crippen MR) is 149 cm³/mol. The van der Waals surface area contributed by atoms with Gasteiger partial charge in [0.25, 0.3) is 21.9 Å². The van der Waals surface area contributed by atoms with E-state index in [1.165, 1.54) is 17.8 Å². The first-order valence-corrected chi connectivity index (χ1v) is 15.7. The highest BCUT2D eigenvalue weighted by Gasteiger charge is 2.93. The molecule has 0 bridgehead atoms. The fourth-order valence-electron chi connectivity index (χ4n) is 5.31. The minimum absolute atomic E-state index is 0.134. The van der Waals surface area contributed by atoms with Gasteiger partial charge in [-0.05, 0) is 56.7 Å². The van der Waals surface area contributed by atoms with E-state index in [0.717, 1.165) is 23.3 Å². The second kappa shape index (κ2) is 10.4. The number of amides is 2. The van der Waals surface area contributed by atoms with Crippen molar-refractivity contribution in [1.29, 1.82) is 0 Å². The van der Waals surface area contributed by atoms with Gasteiger partial charge in [0.2, 0.25) is 0 Å². The summed E-state index contributed by atoms with van der Waals surface area (Å²) in [5, 5.41) is 1.39. The Morgan fingerprint density at radius 2 is 1.77 bits per heavy atom. The number of benzene rings is 2. The van der Waals surface area contributed by atoms with Crippen LogP contribution in [0.15, 0.2) is 46.9 Å². The Labute approximate surface area is 237 Å². The molecule has 40 heavy (non-hydrogen) atoms. The summed E-state index contributed by atoms with van der Waals surface area (Å²) >= 11 is 1.43. The number of allylic oxidation sites excluding steroid dienone is 2. The number of nitrogens with zero attached hydrogens (tertiary/aromatic N) is 1. The molecule has 212 valence electrons. The molecule has 0 radical (unpaired) electrons. The smallest absolute Gasteiger partial charge is 0.305 e. The molecule has 2 fully saturated rings. The van der Waals surface area contributed by atoms with Crippen LogP contribution in [0.5, 0.6) is 0 Å². The molecule has 2 aliphatic carbocycles. The molecule has 5 rings (SSSR count). The van der Waals surface area contributed by atoms with Gasteiger partial charge >= 0.3 is 5.97 Å². The summed E-state index contributed by atoms with van der Waals surface area (Å²) in [6.45, 7) is 5.95. The molecule has 1 heterocycles. The fraction of sp³-hybridized carbons (Fsp3) is 0.448. The van der Waals surface area contributed by atoms with E-state index in [-0.39, 0.29) is 48.7 Å². The highest BCUT2D eigenvalue weighted by molar-refractivity contribution is 7.99. The van der Waals surface area contributed by atoms with Crippen molar-refractivity contribution in [3.05, 3.63) is 53.1 Å². The first-order chi connectivity index (χ1) is 19.0. The van der Waals surface area contributed by atoms with Crippen LogP contribution in [0.4, 0.5) is 0 Å². The van der Waals surface area contributed by atoms with Crippen molar-refractivity contribution in [2.75, 3.05) is 12.4 Å². The average molecular weight is 586 g/mol. The summed E-state index contributed by atoms with van der Waals surface area (Å²) in [7, 11) is -4.43. The number of esters is 1. The van der Waals surface area contributed by atoms with E-state index >= 15 is 0 Å². The van der Waals surface area contributed by atoms with Crippen molar-refractivity contribution in [1.82, 2.24) is 5.06 Å². The molecule has 11 heteroatoms. The highest BCUT2D eigenvalue weighted by Crippen LogP contribution is 2.83. The van der Waals surface area contributed by atoms with Crippen LogP contribution in [0, 0.1) is 5.41 Å². The van der Waals surface area contributed by atoms with Crippen molar-refractivity contribution < 1.29 is 36.6 Å². The van der Waals surface area contributed by atoms with Gasteiger partial charge in [0.1, 0.15) is 17.1 Å². The molecule has 0 atom stereocenters. The number of rotatable bonds is 13. The predicted octanol–water partition coefficient (Wildman–Crippen LogP) is 4.98. The number of unbranched alkanes of at least 4 members (excludes halogenated alkanes) is 1. The van der Waals surface area contributed by atoms with Gasteiger partial charge in [0.15, 0.2) is 0 Å². The highest BCUT2D eigenvalue weighted by atomic mass is 32.2. The van der Waals surface area contributed by atoms with Crippen molar-refractivity contribution in [3.8, 4) is 0 Å². The molecule has 3 aliphatic rings. The Bertz CT molecular complexity index is 1540. The van der Waals surface area contributed by atoms with Gasteiger partial charge in [-0.15, -0.1) is 21.1 Å². The summed E-state index contributed by atoms with van der Waals surface area (Å²) in [4.78, 5) is 52.0. The van der Waals surface area contributed by atoms with Gasteiger partial charge in [-0.3, -0.25) is 19.2 Å². The number of Topliss-reactive ketones (excluding diaryl/α,β-unsaturated/α-hetero) is 1. The number of fused-ring (bicyclic) bond motifs is 1. The number of imide groups is 1. The maximum Gasteiger partial charge on any atom is 0.305 e. The van der Waals surface area contributed by atoms with Gasteiger partial charge in [0, 0.05) is 28.9 Å². The van der Waals surface area contributed by atoms with E-state index in [9.17, 15) is 27.6 Å². The largest absolute Gasteiger partial charge is 0.465 e. The normalized spacial score (nSPS) is 22.6. The molecule has 0 aromatic heterocycles. The Morgan fingerprint density at radius 1 is 1.07 bits per heavy atom. The molecule has 9 nitrogen and oxygen atoms in total. The lowest BCUT2D eigenvalue weighted by Gasteiger charge is -2.26. The second-order valence-electron chi connectivity index (χ2n) is 10.8. The van der Waals surface area contributed by atoms with Gasteiger partial charge in [0.05, 0.1) is 16.5 Å². The summed E-state index contributed by atoms with van der Waals surface area (Å²) < 4.78 is 35.6. The van der Waals surface area contributed by atoms with E-state index in [2.05, 4.69) is 0 Å². The molecule has 2 saturated carbocycles. The van der Waals surface area contributed by atoms with Crippen LogP contribution in [0.1, 0.15) is 80.0 Å². The zero-order chi connectivity index (χ0) is 28.9. The third kappa shape index (κ3) is 4.67. The van der Waals surface area contributed by atoms with Gasteiger partial charge in [-0.1, -0.05) is 37.1 Å². The minimum Gasteiger partial charge on any atom is -0.465 e. The number of ketones is 1. The summed E-state index contributed by atoms with van der Waals surface area (Å²) in [6, 6.07) is 8.22. The average Bonchev–Trinajstić information content (AvgIpc) is 3.79. The Kier molecular flexibility index (Phi) is 7.43. The summed E-state index contributed by atoms with van der Waals surface area (Å²) in [6.07, 6.45) is 4.24. The van der Waals surface area contributed by atoms with E-state index < -0.39 is 32.1 Å². The monoisotopic (exact) mass is 585 g/mol. The Morgan fingerprint density at radius 3 is 2.45 bits per heavy atom. The van der Waals surface area contributed by atoms with E-state index in [4.69, 9.17) is 9.02 Å². The van der Waals surface area contributed by atoms with Crippen molar-refractivity contribution in [2.45, 2.75) is 68.9 Å². The van der Waals surface area contributed by atoms with Gasteiger partial charge < -0.3 is 4.74 Å². The third-order valence-corrected chi connectivity index (χ3v) is 10.9. The number of hydrogen-bond donors (Lipinski definition) is 0. The van der Waals surface area contributed by atoms with Crippen LogP contribution >= 0.6 is 11.8 Å². The quantitative estimate of drug-likeness (QED) is 0.105. The SMILES string of the molecule is CCCCC(=O)OCCSc1ccc2c3c(cccc13)C(=O)N(OS(=O)(=O)C13CC1(C(=O)CC=C(C)C)C3)C2=O. The number of hydroxylamine groups is 2. The number of carbonyl (C=O) groups is 4. The first kappa shape index (κ1) is 28.5. The summed E-state index contributed by atoms with van der Waals surface area (Å²) in [5.74, 6) is -1.68. The lowest BCUT2D eigenvalue weighted by atomic mass is 9.95. The van der Waals surface area contributed by atoms with Gasteiger partial charge in [-0.2, -0.15) is 8.42 Å². The second-order valence-corrected chi connectivity index (χ2v) is 13.8. The van der Waals surface area contributed by atoms with Crippen molar-refractivity contribution >= 4 is 56.2 Å². The van der Waals surface area contributed by atoms with Crippen molar-refractivity contribution in [2.24, 2.45) is 5.41 Å². The van der Waals surface area contributed by atoms with E-state index in [0.29, 0.717) is 28.0 Å². The van der Waals surface area contributed by atoms with Crippen LogP contribution in [0.3, 0.4) is 0 Å². The standard InChI is InChI=1S/C29H31NO8S2/c1-4-5-9-24(32)37-14-15-39-22-12-11-21-25-19(22)7-6-8-20(25)26(33)30(27(21)34)38-40(35,36)29-16-28(29,17-29)23(31)13-10-18(2)3/h6-8,10-12H,4-5,9,13-17H2,1-3H3. The molecule has 0 saturated heterocycles. The molecular formula is C29H31NO8S2. The van der Waals surface area contributed by atoms with Crippen LogP contribution < -0.4 is 0 Å². The van der Waals surface area contributed by atoms with Crippen LogP contribution in [0.2, 0.25) is 0 Å². The molecule has 2 aromatic rings. The molecular weight excluding hydrogens is 554 g/mol. The lowest BCUT2D eigenvalue weighted by Crippen LogP contribution is -2.43. The Hall–Kier alpha value is -3.02. The molecule has 0 N–H and O–H groups in total. The van der Waals surface area contributed by atoms with Crippen LogP contribution in [0.25, 0.3) is 10.8 Å². The maximum absolute atomic E-state index is 13.4. The number of ether oxygens (including phenoxy) is 1. The first-order valence-electron chi connectivity index (χ1n) is 13.3. The summed E-state index contributed by atoms with van der Waals surface area (Å²) in [5.41, 5.74) is 0.255. The van der Waals surface area contributed by atoms with Gasteiger partial charge in [-0.25, -0.2) is 0 Å². The fourth-order valence-corrected chi connectivity index (χ4v) is 8.09. The zero-order valence-corrected chi connectivity index (χ0v) is 24.3. The number of thioether (sulfide) groups is 1. The van der Waals surface area contributed by atoms with Crippen LogP contribution in [-0.4, -0.2) is 54.2 Å². The van der Waals surface area contributed by atoms with Crippen LogP contribution in [-0.2, 0) is 28.7 Å². The minimum atomic E-state index is -4.43. The topological polar surface area (TPSA) is 124 Å². The third-order valence-electron chi connectivity index (χ3n) is 7.85. The van der Waals surface area contributed by atoms with E-state index in [1.807, 2.05) is 20.8 Å².